The molecule has 100 valence electrons. The summed E-state index contributed by atoms with van der Waals surface area (Å²) in [6.45, 7) is 3.98. The van der Waals surface area contributed by atoms with Gasteiger partial charge in [0, 0.05) is 24.2 Å². The Morgan fingerprint density at radius 2 is 2.00 bits per heavy atom. The Balaban J connectivity index is 2.35. The molecule has 1 heterocycles. The summed E-state index contributed by atoms with van der Waals surface area (Å²) >= 11 is 3.67. The molecule has 5 heteroatoms. The van der Waals surface area contributed by atoms with Gasteiger partial charge in [-0.1, -0.05) is 35.0 Å². The van der Waals surface area contributed by atoms with Crippen molar-refractivity contribution in [3.05, 3.63) is 24.3 Å². The van der Waals surface area contributed by atoms with Crippen molar-refractivity contribution < 1.29 is 8.42 Å². The minimum absolute atomic E-state index is 0.435. The molecule has 1 fully saturated rings. The first-order chi connectivity index (χ1) is 8.39. The third-order valence-electron chi connectivity index (χ3n) is 3.41. The van der Waals surface area contributed by atoms with E-state index in [2.05, 4.69) is 27.8 Å². The van der Waals surface area contributed by atoms with Gasteiger partial charge in [-0.2, -0.15) is 0 Å². The molecule has 2 rings (SSSR count). The number of para-hydroxylation sites is 1. The largest absolute Gasteiger partial charge is 0.370 e. The second-order valence-corrected chi connectivity index (χ2v) is 8.13. The molecular formula is C13H18BrNO2S. The SMILES string of the molecule is CC1CN(c2ccccc2S(C)(=O)=O)CCC1Br. The highest BCUT2D eigenvalue weighted by Gasteiger charge is 2.26. The van der Waals surface area contributed by atoms with E-state index < -0.39 is 9.84 Å². The fourth-order valence-corrected chi connectivity index (χ4v) is 3.64. The third-order valence-corrected chi connectivity index (χ3v) is 5.91. The van der Waals surface area contributed by atoms with Crippen molar-refractivity contribution in [2.75, 3.05) is 24.2 Å². The lowest BCUT2D eigenvalue weighted by Gasteiger charge is -2.36. The summed E-state index contributed by atoms with van der Waals surface area (Å²) in [5.41, 5.74) is 0.839. The number of hydrogen-bond donors (Lipinski definition) is 0. The molecule has 0 bridgehead atoms. The van der Waals surface area contributed by atoms with Gasteiger partial charge < -0.3 is 4.90 Å². The molecule has 3 nitrogen and oxygen atoms in total. The highest BCUT2D eigenvalue weighted by Crippen LogP contribution is 2.31. The molecule has 0 radical (unpaired) electrons. The lowest BCUT2D eigenvalue weighted by molar-refractivity contribution is 0.464. The van der Waals surface area contributed by atoms with E-state index in [1.165, 1.54) is 6.26 Å². The summed E-state index contributed by atoms with van der Waals surface area (Å²) in [6.07, 6.45) is 2.31. The monoisotopic (exact) mass is 331 g/mol. The molecule has 1 aromatic rings. The molecule has 0 amide bonds. The van der Waals surface area contributed by atoms with Gasteiger partial charge >= 0.3 is 0 Å². The number of nitrogens with zero attached hydrogens (tertiary/aromatic N) is 1. The number of sulfone groups is 1. The molecule has 18 heavy (non-hydrogen) atoms. The Bertz CT molecular complexity index is 530. The van der Waals surface area contributed by atoms with Crippen molar-refractivity contribution in [2.24, 2.45) is 5.92 Å². The van der Waals surface area contributed by atoms with Crippen molar-refractivity contribution in [3.8, 4) is 0 Å². The van der Waals surface area contributed by atoms with E-state index in [1.807, 2.05) is 12.1 Å². The van der Waals surface area contributed by atoms with E-state index in [4.69, 9.17) is 0 Å². The highest BCUT2D eigenvalue weighted by atomic mass is 79.9. The smallest absolute Gasteiger partial charge is 0.177 e. The number of halogens is 1. The molecule has 0 aromatic heterocycles. The minimum atomic E-state index is -3.17. The maximum atomic E-state index is 11.8. The maximum absolute atomic E-state index is 11.8. The van der Waals surface area contributed by atoms with Gasteiger partial charge in [-0.3, -0.25) is 0 Å². The van der Waals surface area contributed by atoms with Crippen LogP contribution in [0.15, 0.2) is 29.2 Å². The van der Waals surface area contributed by atoms with Gasteiger partial charge in [-0.05, 0) is 24.5 Å². The normalized spacial score (nSPS) is 25.2. The second-order valence-electron chi connectivity index (χ2n) is 4.97. The zero-order valence-corrected chi connectivity index (χ0v) is 13.0. The molecule has 0 aliphatic carbocycles. The van der Waals surface area contributed by atoms with Crippen LogP contribution in [-0.2, 0) is 9.84 Å². The van der Waals surface area contributed by atoms with E-state index in [9.17, 15) is 8.42 Å². The van der Waals surface area contributed by atoms with Crippen LogP contribution in [0.4, 0.5) is 5.69 Å². The van der Waals surface area contributed by atoms with Crippen molar-refractivity contribution >= 4 is 31.5 Å². The predicted molar refractivity (Wildman–Crippen MR) is 78.3 cm³/mol. The Labute approximate surface area is 117 Å². The van der Waals surface area contributed by atoms with E-state index in [-0.39, 0.29) is 0 Å². The topological polar surface area (TPSA) is 37.4 Å². The third kappa shape index (κ3) is 2.88. The molecule has 1 aromatic carbocycles. The van der Waals surface area contributed by atoms with Gasteiger partial charge in [-0.25, -0.2) is 8.42 Å². The number of piperidine rings is 1. The number of benzene rings is 1. The van der Waals surface area contributed by atoms with Crippen LogP contribution in [-0.4, -0.2) is 32.6 Å². The molecule has 0 spiro atoms. The van der Waals surface area contributed by atoms with Crippen LogP contribution in [0.2, 0.25) is 0 Å². The predicted octanol–water partition coefficient (Wildman–Crippen LogP) is 2.70. The van der Waals surface area contributed by atoms with Crippen molar-refractivity contribution in [2.45, 2.75) is 23.1 Å². The first-order valence-corrected chi connectivity index (χ1v) is 8.88. The van der Waals surface area contributed by atoms with Gasteiger partial charge in [-0.15, -0.1) is 0 Å². The lowest BCUT2D eigenvalue weighted by Crippen LogP contribution is -2.40. The zero-order chi connectivity index (χ0) is 13.3. The van der Waals surface area contributed by atoms with Crippen LogP contribution in [0.3, 0.4) is 0 Å². The van der Waals surface area contributed by atoms with Crippen LogP contribution in [0.25, 0.3) is 0 Å². The number of anilines is 1. The van der Waals surface area contributed by atoms with Crippen LogP contribution in [0, 0.1) is 5.92 Å². The molecule has 0 saturated carbocycles. The fraction of sp³-hybridized carbons (Fsp3) is 0.538. The standard InChI is InChI=1S/C13H18BrNO2S/c1-10-9-15(8-7-11(10)14)12-5-3-4-6-13(12)18(2,16)17/h3-6,10-11H,7-9H2,1-2H3. The van der Waals surface area contributed by atoms with E-state index in [0.29, 0.717) is 15.6 Å². The zero-order valence-electron chi connectivity index (χ0n) is 10.6. The van der Waals surface area contributed by atoms with Crippen LogP contribution in [0.5, 0.6) is 0 Å². The van der Waals surface area contributed by atoms with E-state index in [0.717, 1.165) is 25.2 Å². The number of alkyl halides is 1. The summed E-state index contributed by atoms with van der Waals surface area (Å²) in [5.74, 6) is 0.520. The Morgan fingerprint density at radius 1 is 1.33 bits per heavy atom. The number of hydrogen-bond acceptors (Lipinski definition) is 3. The summed E-state index contributed by atoms with van der Waals surface area (Å²) in [6, 6.07) is 7.27. The molecule has 1 saturated heterocycles. The van der Waals surface area contributed by atoms with Gasteiger partial charge in [0.15, 0.2) is 9.84 Å². The molecule has 0 N–H and O–H groups in total. The minimum Gasteiger partial charge on any atom is -0.370 e. The molecule has 1 aliphatic rings. The lowest BCUT2D eigenvalue weighted by atomic mass is 9.99. The van der Waals surface area contributed by atoms with Crippen LogP contribution < -0.4 is 4.90 Å². The quantitative estimate of drug-likeness (QED) is 0.782. The van der Waals surface area contributed by atoms with Gasteiger partial charge in [0.2, 0.25) is 0 Å². The van der Waals surface area contributed by atoms with Crippen molar-refractivity contribution in [1.29, 1.82) is 0 Å². The summed E-state index contributed by atoms with van der Waals surface area (Å²) in [4.78, 5) is 3.14. The maximum Gasteiger partial charge on any atom is 0.177 e. The van der Waals surface area contributed by atoms with Gasteiger partial charge in [0.05, 0.1) is 10.6 Å². The highest BCUT2D eigenvalue weighted by molar-refractivity contribution is 9.09. The Kier molecular flexibility index (Phi) is 4.02. The average Bonchev–Trinajstić information content (AvgIpc) is 2.32. The first kappa shape index (κ1) is 13.9. The van der Waals surface area contributed by atoms with Gasteiger partial charge in [0.25, 0.3) is 0 Å². The van der Waals surface area contributed by atoms with Crippen molar-refractivity contribution in [1.82, 2.24) is 0 Å². The van der Waals surface area contributed by atoms with Crippen LogP contribution in [0.1, 0.15) is 13.3 Å². The fourth-order valence-electron chi connectivity index (χ4n) is 2.37. The summed E-state index contributed by atoms with van der Waals surface area (Å²) in [7, 11) is -3.17. The Morgan fingerprint density at radius 3 is 2.61 bits per heavy atom. The second kappa shape index (κ2) is 5.21. The molecule has 1 aliphatic heterocycles. The van der Waals surface area contributed by atoms with E-state index >= 15 is 0 Å². The Hall–Kier alpha value is -0.550. The van der Waals surface area contributed by atoms with E-state index in [1.54, 1.807) is 12.1 Å². The number of rotatable bonds is 2. The van der Waals surface area contributed by atoms with Crippen molar-refractivity contribution in [3.63, 3.8) is 0 Å². The molecule has 2 atom stereocenters. The molecule has 2 unspecified atom stereocenters. The summed E-state index contributed by atoms with van der Waals surface area (Å²) in [5, 5.41) is 0. The molecular weight excluding hydrogens is 314 g/mol. The first-order valence-electron chi connectivity index (χ1n) is 6.07. The summed E-state index contributed by atoms with van der Waals surface area (Å²) < 4.78 is 23.6. The van der Waals surface area contributed by atoms with Gasteiger partial charge in [0.1, 0.15) is 0 Å². The van der Waals surface area contributed by atoms with Crippen LogP contribution >= 0.6 is 15.9 Å². The average molecular weight is 332 g/mol.